The maximum Gasteiger partial charge on any atom is 0.342 e. The summed E-state index contributed by atoms with van der Waals surface area (Å²) in [4.78, 5) is 10.9. The quantitative estimate of drug-likeness (QED) is 0.341. The molecule has 0 aromatic heterocycles. The lowest BCUT2D eigenvalue weighted by Gasteiger charge is -2.04. The van der Waals surface area contributed by atoms with E-state index in [0.717, 1.165) is 16.7 Å². The topological polar surface area (TPSA) is 65.1 Å². The van der Waals surface area contributed by atoms with Crippen molar-refractivity contribution in [3.8, 4) is 11.4 Å². The molecule has 2 aliphatic rings. The fourth-order valence-electron chi connectivity index (χ4n) is 1.77. The van der Waals surface area contributed by atoms with Crippen molar-refractivity contribution in [2.75, 3.05) is 0 Å². The first-order valence-corrected chi connectivity index (χ1v) is 4.94. The van der Waals surface area contributed by atoms with Gasteiger partial charge in [0.1, 0.15) is 0 Å². The lowest BCUT2D eigenvalue weighted by molar-refractivity contribution is -0.0645. The molecule has 0 spiro atoms. The Kier molecular flexibility index (Phi) is 1.82. The highest BCUT2D eigenvalue weighted by Crippen LogP contribution is 2.17. The molecule has 1 aliphatic carbocycles. The van der Waals surface area contributed by atoms with Gasteiger partial charge >= 0.3 is 5.36 Å². The number of H-pyrrole nitrogens is 1. The molecule has 0 bridgehead atoms. The average molecular weight is 208 g/mol. The summed E-state index contributed by atoms with van der Waals surface area (Å²) in [7, 11) is 0. The van der Waals surface area contributed by atoms with E-state index >= 15 is 0 Å². The average Bonchev–Trinajstić information content (AvgIpc) is 2.35. The standard InChI is InChI=1S/C12H8N4/c13-16-11-7-3-6-10-12(11)15-9-5-2-1-4-8(9)14-10/h1-7,14H. The number of aromatic nitrogens is 2. The van der Waals surface area contributed by atoms with Crippen molar-refractivity contribution in [2.45, 2.75) is 0 Å². The minimum Gasteiger partial charge on any atom is -0.361 e. The van der Waals surface area contributed by atoms with Gasteiger partial charge in [-0.3, -0.25) is 0 Å². The zero-order valence-corrected chi connectivity index (χ0v) is 8.38. The van der Waals surface area contributed by atoms with E-state index in [-0.39, 0.29) is 0 Å². The highest BCUT2D eigenvalue weighted by Gasteiger charge is 2.11. The SMILES string of the molecule is [N-]=[N+]=c1cccc2[nH]c3ccccc3nc1-2. The van der Waals surface area contributed by atoms with E-state index in [1.54, 1.807) is 6.07 Å². The van der Waals surface area contributed by atoms with Gasteiger partial charge in [0.05, 0.1) is 16.7 Å². The Balaban J connectivity index is 2.57. The zero-order valence-electron chi connectivity index (χ0n) is 8.38. The molecule has 0 atom stereocenters. The Morgan fingerprint density at radius 1 is 1.06 bits per heavy atom. The normalized spacial score (nSPS) is 10.5. The summed E-state index contributed by atoms with van der Waals surface area (Å²) in [6, 6.07) is 13.2. The van der Waals surface area contributed by atoms with Crippen LogP contribution in [-0.2, 0) is 0 Å². The predicted molar refractivity (Wildman–Crippen MR) is 59.5 cm³/mol. The maximum absolute atomic E-state index is 8.88. The molecule has 3 rings (SSSR count). The van der Waals surface area contributed by atoms with Crippen LogP contribution in [0.3, 0.4) is 0 Å². The summed E-state index contributed by atoms with van der Waals surface area (Å²) in [5.41, 5.74) is 12.2. The molecule has 1 aromatic carbocycles. The summed E-state index contributed by atoms with van der Waals surface area (Å²) in [5.74, 6) is 0. The van der Waals surface area contributed by atoms with Crippen molar-refractivity contribution in [1.82, 2.24) is 9.97 Å². The monoisotopic (exact) mass is 208 g/mol. The van der Waals surface area contributed by atoms with Crippen LogP contribution in [0, 0.1) is 0 Å². The number of benzene rings is 2. The molecular weight excluding hydrogens is 200 g/mol. The molecule has 0 saturated heterocycles. The van der Waals surface area contributed by atoms with Crippen LogP contribution in [-0.4, -0.2) is 14.8 Å². The van der Waals surface area contributed by atoms with Gasteiger partial charge in [0.15, 0.2) is 5.69 Å². The summed E-state index contributed by atoms with van der Waals surface area (Å²) in [5, 5.41) is 0.472. The van der Waals surface area contributed by atoms with E-state index in [0.29, 0.717) is 11.1 Å². The molecule has 76 valence electrons. The minimum atomic E-state index is 0.472. The van der Waals surface area contributed by atoms with Crippen LogP contribution in [0.1, 0.15) is 0 Å². The second-order valence-electron chi connectivity index (χ2n) is 3.53. The van der Waals surface area contributed by atoms with Crippen molar-refractivity contribution >= 4 is 11.0 Å². The molecule has 1 heterocycles. The van der Waals surface area contributed by atoms with Crippen LogP contribution in [0.5, 0.6) is 0 Å². The van der Waals surface area contributed by atoms with Gasteiger partial charge in [0, 0.05) is 6.07 Å². The van der Waals surface area contributed by atoms with Crippen molar-refractivity contribution in [3.05, 3.63) is 53.4 Å². The molecular formula is C12H8N4. The van der Waals surface area contributed by atoms with E-state index in [1.165, 1.54) is 0 Å². The number of aromatic amines is 1. The van der Waals surface area contributed by atoms with Gasteiger partial charge in [-0.15, -0.1) is 0 Å². The molecule has 1 aromatic rings. The summed E-state index contributed by atoms with van der Waals surface area (Å²) >= 11 is 0. The van der Waals surface area contributed by atoms with E-state index < -0.39 is 0 Å². The molecule has 0 saturated carbocycles. The molecule has 4 nitrogen and oxygen atoms in total. The first-order valence-electron chi connectivity index (χ1n) is 4.94. The fourth-order valence-corrected chi connectivity index (χ4v) is 1.77. The second-order valence-corrected chi connectivity index (χ2v) is 3.53. The van der Waals surface area contributed by atoms with Crippen LogP contribution < -0.4 is 5.36 Å². The van der Waals surface area contributed by atoms with Crippen LogP contribution in [0.15, 0.2) is 42.5 Å². The van der Waals surface area contributed by atoms with Crippen LogP contribution >= 0.6 is 0 Å². The molecule has 4 heteroatoms. The fraction of sp³-hybridized carbons (Fsp3) is 0. The van der Waals surface area contributed by atoms with Crippen molar-refractivity contribution in [3.63, 3.8) is 0 Å². The molecule has 0 amide bonds. The number of para-hydroxylation sites is 3. The van der Waals surface area contributed by atoms with Crippen molar-refractivity contribution < 1.29 is 4.79 Å². The molecule has 0 radical (unpaired) electrons. The summed E-state index contributed by atoms with van der Waals surface area (Å²) in [6.45, 7) is 0. The largest absolute Gasteiger partial charge is 0.361 e. The van der Waals surface area contributed by atoms with Gasteiger partial charge in [-0.1, -0.05) is 18.2 Å². The van der Waals surface area contributed by atoms with Crippen LogP contribution in [0.25, 0.3) is 28.0 Å². The highest BCUT2D eigenvalue weighted by molar-refractivity contribution is 5.78. The van der Waals surface area contributed by atoms with Gasteiger partial charge in [-0.05, 0) is 18.2 Å². The number of hydrogen-bond acceptors (Lipinski definition) is 1. The first-order chi connectivity index (χ1) is 7.88. The molecule has 0 unspecified atom stereocenters. The third-order valence-corrected chi connectivity index (χ3v) is 2.53. The van der Waals surface area contributed by atoms with Gasteiger partial charge in [-0.2, -0.15) is 4.79 Å². The lowest BCUT2D eigenvalue weighted by Crippen LogP contribution is -2.10. The minimum absolute atomic E-state index is 0.472. The summed E-state index contributed by atoms with van der Waals surface area (Å²) in [6.07, 6.45) is 0. The Bertz CT molecular complexity index is 722. The van der Waals surface area contributed by atoms with Crippen LogP contribution in [0.2, 0.25) is 0 Å². The van der Waals surface area contributed by atoms with Gasteiger partial charge < -0.3 is 10.5 Å². The number of rotatable bonds is 0. The third-order valence-electron chi connectivity index (χ3n) is 2.53. The maximum atomic E-state index is 8.88. The Morgan fingerprint density at radius 3 is 2.81 bits per heavy atom. The van der Waals surface area contributed by atoms with Crippen molar-refractivity contribution in [1.29, 1.82) is 0 Å². The van der Waals surface area contributed by atoms with Gasteiger partial charge in [-0.25, -0.2) is 4.98 Å². The molecule has 1 N–H and O–H groups in total. The van der Waals surface area contributed by atoms with Crippen LogP contribution in [0.4, 0.5) is 0 Å². The first kappa shape index (κ1) is 8.83. The lowest BCUT2D eigenvalue weighted by atomic mass is 10.2. The van der Waals surface area contributed by atoms with Crippen molar-refractivity contribution in [2.24, 2.45) is 0 Å². The Morgan fingerprint density at radius 2 is 1.94 bits per heavy atom. The van der Waals surface area contributed by atoms with E-state index in [2.05, 4.69) is 14.8 Å². The third kappa shape index (κ3) is 1.21. The number of hydrogen-bond donors (Lipinski definition) is 1. The highest BCUT2D eigenvalue weighted by atomic mass is 14.9. The Hall–Kier alpha value is -2.45. The number of nitrogens with one attached hydrogen (secondary N) is 1. The Labute approximate surface area is 91.2 Å². The van der Waals surface area contributed by atoms with E-state index in [1.807, 2.05) is 36.4 Å². The second kappa shape index (κ2) is 3.29. The smallest absolute Gasteiger partial charge is 0.342 e. The van der Waals surface area contributed by atoms with E-state index in [9.17, 15) is 0 Å². The molecule has 1 aliphatic heterocycles. The van der Waals surface area contributed by atoms with E-state index in [4.69, 9.17) is 5.53 Å². The number of fused-ring (bicyclic) bond motifs is 2. The van der Waals surface area contributed by atoms with Gasteiger partial charge in [0.25, 0.3) is 0 Å². The predicted octanol–water partition coefficient (Wildman–Crippen LogP) is 1.80. The molecule has 16 heavy (non-hydrogen) atoms. The zero-order chi connectivity index (χ0) is 11.0. The molecule has 0 fully saturated rings. The number of nitrogens with zero attached hydrogens (tertiary/aromatic N) is 3. The summed E-state index contributed by atoms with van der Waals surface area (Å²) < 4.78 is 0. The van der Waals surface area contributed by atoms with Gasteiger partial charge in [0.2, 0.25) is 0 Å².